The fraction of sp³-hybridized carbons (Fsp3) is 0.348. The van der Waals surface area contributed by atoms with Gasteiger partial charge >= 0.3 is 0 Å². The topological polar surface area (TPSA) is 125 Å². The quantitative estimate of drug-likeness (QED) is 0.442. The van der Waals surface area contributed by atoms with Gasteiger partial charge in [-0.3, -0.25) is 9.79 Å². The summed E-state index contributed by atoms with van der Waals surface area (Å²) < 4.78 is 39.9. The van der Waals surface area contributed by atoms with Crippen LogP contribution in [0.2, 0.25) is 0 Å². The molecule has 0 bridgehead atoms. The number of carbonyl (C=O) groups excluding carboxylic acids is 1. The van der Waals surface area contributed by atoms with Crippen LogP contribution in [-0.4, -0.2) is 44.5 Å². The summed E-state index contributed by atoms with van der Waals surface area (Å²) in [4.78, 5) is 29.4. The molecule has 2 aromatic heterocycles. The number of hydrogen-bond acceptors (Lipinski definition) is 10. The van der Waals surface area contributed by atoms with Crippen molar-refractivity contribution in [1.82, 2.24) is 15.0 Å². The Morgan fingerprint density at radius 3 is 2.69 bits per heavy atom. The lowest BCUT2D eigenvalue weighted by molar-refractivity contribution is 0.102. The number of nitrogens with one attached hydrogen (secondary N) is 1. The number of benzene rings is 1. The Balaban J connectivity index is 1.53. The maximum absolute atomic E-state index is 15.0. The maximum Gasteiger partial charge on any atom is 0.275 e. The second kappa shape index (κ2) is 10.4. The largest absolute Gasteiger partial charge is 0.469 e. The summed E-state index contributed by atoms with van der Waals surface area (Å²) in [6.45, 7) is 4.16. The third-order valence-corrected chi connectivity index (χ3v) is 7.24. The Bertz CT molecular complexity index is 1280. The molecule has 1 aliphatic heterocycles. The van der Waals surface area contributed by atoms with Crippen LogP contribution < -0.4 is 15.8 Å². The first-order chi connectivity index (χ1) is 17.1. The van der Waals surface area contributed by atoms with Gasteiger partial charge in [0.05, 0.1) is 24.5 Å². The number of thioether (sulfide) groups is 1. The standard InChI is InChI=1S/C23H24F2N6O3S2/c1-22(12-33-3)11-23(2,31-21(26)36-22)14-6-13(7-15(24)19(14)25)30-20(32)16-8-29-17(9-28-16)34-10-18-27-4-5-35-18/h4-9H,10-12H2,1-3H3,(H2,26,31)(H,30,32)/t22-,23+/m1/s1. The van der Waals surface area contributed by atoms with Gasteiger partial charge in [0.2, 0.25) is 5.88 Å². The number of anilines is 1. The Kier molecular flexibility index (Phi) is 7.52. The van der Waals surface area contributed by atoms with Gasteiger partial charge < -0.3 is 20.5 Å². The minimum absolute atomic E-state index is 0.0274. The molecule has 190 valence electrons. The summed E-state index contributed by atoms with van der Waals surface area (Å²) in [6, 6.07) is 2.26. The highest BCUT2D eigenvalue weighted by atomic mass is 32.2. The number of ether oxygens (including phenoxy) is 2. The molecule has 13 heteroatoms. The van der Waals surface area contributed by atoms with E-state index in [2.05, 4.69) is 25.3 Å². The zero-order chi connectivity index (χ0) is 25.9. The zero-order valence-electron chi connectivity index (χ0n) is 19.7. The normalized spacial score (nSPS) is 21.6. The molecule has 3 N–H and O–H groups in total. The summed E-state index contributed by atoms with van der Waals surface area (Å²) >= 11 is 2.76. The van der Waals surface area contributed by atoms with Crippen LogP contribution in [0.15, 0.2) is 41.1 Å². The third kappa shape index (κ3) is 5.79. The summed E-state index contributed by atoms with van der Waals surface area (Å²) in [5, 5.41) is 5.39. The predicted octanol–water partition coefficient (Wildman–Crippen LogP) is 4.11. The van der Waals surface area contributed by atoms with Crippen LogP contribution in [0, 0.1) is 11.6 Å². The van der Waals surface area contributed by atoms with Crippen molar-refractivity contribution < 1.29 is 23.0 Å². The molecule has 1 aromatic carbocycles. The second-order valence-electron chi connectivity index (χ2n) is 8.61. The van der Waals surface area contributed by atoms with E-state index in [-0.39, 0.29) is 34.6 Å². The van der Waals surface area contributed by atoms with E-state index in [1.807, 2.05) is 12.3 Å². The third-order valence-electron chi connectivity index (χ3n) is 5.43. The Labute approximate surface area is 214 Å². The zero-order valence-corrected chi connectivity index (χ0v) is 21.4. The van der Waals surface area contributed by atoms with E-state index in [1.54, 1.807) is 20.2 Å². The van der Waals surface area contributed by atoms with E-state index in [4.69, 9.17) is 15.2 Å². The van der Waals surface area contributed by atoms with Gasteiger partial charge in [0.25, 0.3) is 5.91 Å². The molecule has 2 atom stereocenters. The van der Waals surface area contributed by atoms with Crippen molar-refractivity contribution >= 4 is 39.9 Å². The lowest BCUT2D eigenvalue weighted by Gasteiger charge is -2.41. The smallest absolute Gasteiger partial charge is 0.275 e. The van der Waals surface area contributed by atoms with Crippen LogP contribution in [0.1, 0.15) is 41.3 Å². The van der Waals surface area contributed by atoms with E-state index in [1.165, 1.54) is 41.6 Å². The van der Waals surface area contributed by atoms with Crippen molar-refractivity contribution in [3.05, 3.63) is 64.0 Å². The van der Waals surface area contributed by atoms with E-state index in [0.717, 1.165) is 11.1 Å². The highest BCUT2D eigenvalue weighted by molar-refractivity contribution is 8.15. The minimum atomic E-state index is -1.18. The van der Waals surface area contributed by atoms with E-state index in [0.29, 0.717) is 13.0 Å². The molecule has 1 amide bonds. The molecule has 0 saturated carbocycles. The second-order valence-corrected chi connectivity index (χ2v) is 11.2. The predicted molar refractivity (Wildman–Crippen MR) is 134 cm³/mol. The average molecular weight is 535 g/mol. The van der Waals surface area contributed by atoms with E-state index in [9.17, 15) is 13.6 Å². The molecular weight excluding hydrogens is 510 g/mol. The SMILES string of the molecule is COC[C@@]1(C)C[C@@](C)(c2cc(NC(=O)c3cnc(OCc4nccs4)cn3)cc(F)c2F)N=C(N)S1. The molecule has 0 saturated heterocycles. The fourth-order valence-corrected chi connectivity index (χ4v) is 5.89. The number of methoxy groups -OCH3 is 1. The van der Waals surface area contributed by atoms with Crippen LogP contribution in [0.4, 0.5) is 14.5 Å². The van der Waals surface area contributed by atoms with Crippen molar-refractivity contribution in [2.75, 3.05) is 19.0 Å². The van der Waals surface area contributed by atoms with Crippen LogP contribution in [0.3, 0.4) is 0 Å². The van der Waals surface area contributed by atoms with Crippen molar-refractivity contribution in [2.45, 2.75) is 37.2 Å². The fourth-order valence-electron chi connectivity index (χ4n) is 4.08. The highest BCUT2D eigenvalue weighted by Crippen LogP contribution is 2.46. The summed E-state index contributed by atoms with van der Waals surface area (Å²) in [5.41, 5.74) is 4.85. The number of halogens is 2. The molecule has 0 unspecified atom stereocenters. The van der Waals surface area contributed by atoms with Crippen molar-refractivity contribution in [3.8, 4) is 5.88 Å². The van der Waals surface area contributed by atoms with Gasteiger partial charge in [-0.1, -0.05) is 11.8 Å². The number of amides is 1. The van der Waals surface area contributed by atoms with Crippen molar-refractivity contribution in [3.63, 3.8) is 0 Å². The molecule has 0 aliphatic carbocycles. The average Bonchev–Trinajstić information content (AvgIpc) is 3.33. The first kappa shape index (κ1) is 25.9. The lowest BCUT2D eigenvalue weighted by atomic mass is 9.83. The molecule has 3 heterocycles. The lowest BCUT2D eigenvalue weighted by Crippen LogP contribution is -2.43. The molecule has 1 aliphatic rings. The molecule has 0 fully saturated rings. The number of thiazole rings is 1. The van der Waals surface area contributed by atoms with Gasteiger partial charge in [-0.05, 0) is 26.3 Å². The number of carbonyl (C=O) groups is 1. The number of nitrogens with zero attached hydrogens (tertiary/aromatic N) is 4. The maximum atomic E-state index is 15.0. The molecule has 3 aromatic rings. The van der Waals surface area contributed by atoms with Gasteiger partial charge in [0.1, 0.15) is 17.3 Å². The van der Waals surface area contributed by atoms with Crippen molar-refractivity contribution in [1.29, 1.82) is 0 Å². The number of hydrogen-bond donors (Lipinski definition) is 2. The van der Waals surface area contributed by atoms with Crippen LogP contribution >= 0.6 is 23.1 Å². The Hall–Kier alpha value is -3.16. The Morgan fingerprint density at radius 1 is 1.22 bits per heavy atom. The number of amidine groups is 1. The molecule has 0 spiro atoms. The first-order valence-electron chi connectivity index (χ1n) is 10.8. The first-order valence-corrected chi connectivity index (χ1v) is 12.5. The van der Waals surface area contributed by atoms with Gasteiger partial charge in [-0.2, -0.15) is 0 Å². The number of rotatable bonds is 8. The number of aromatic nitrogens is 3. The van der Waals surface area contributed by atoms with Gasteiger partial charge in [-0.15, -0.1) is 11.3 Å². The molecule has 36 heavy (non-hydrogen) atoms. The van der Waals surface area contributed by atoms with Gasteiger partial charge in [0.15, 0.2) is 16.8 Å². The van der Waals surface area contributed by atoms with Crippen LogP contribution in [0.25, 0.3) is 0 Å². The monoisotopic (exact) mass is 534 g/mol. The molecular formula is C23H24F2N6O3S2. The highest BCUT2D eigenvalue weighted by Gasteiger charge is 2.44. The number of nitrogens with two attached hydrogens (primary N) is 1. The van der Waals surface area contributed by atoms with Crippen LogP contribution in [0.5, 0.6) is 5.88 Å². The summed E-state index contributed by atoms with van der Waals surface area (Å²) in [7, 11) is 1.56. The van der Waals surface area contributed by atoms with Crippen molar-refractivity contribution in [2.24, 2.45) is 10.7 Å². The molecule has 0 radical (unpaired) electrons. The number of aliphatic imine (C=N–C) groups is 1. The summed E-state index contributed by atoms with van der Waals surface area (Å²) in [5.74, 6) is -2.61. The minimum Gasteiger partial charge on any atom is -0.469 e. The van der Waals surface area contributed by atoms with E-state index >= 15 is 0 Å². The molecule has 9 nitrogen and oxygen atoms in total. The van der Waals surface area contributed by atoms with Crippen LogP contribution in [-0.2, 0) is 16.9 Å². The Morgan fingerprint density at radius 2 is 2.03 bits per heavy atom. The van der Waals surface area contributed by atoms with Gasteiger partial charge in [-0.25, -0.2) is 23.7 Å². The molecule has 4 rings (SSSR count). The van der Waals surface area contributed by atoms with E-state index < -0.39 is 27.8 Å². The van der Waals surface area contributed by atoms with Gasteiger partial charge in [0, 0.05) is 40.8 Å². The summed E-state index contributed by atoms with van der Waals surface area (Å²) in [6.07, 6.45) is 4.53.